The van der Waals surface area contributed by atoms with Crippen molar-refractivity contribution in [2.75, 3.05) is 24.1 Å². The van der Waals surface area contributed by atoms with Crippen molar-refractivity contribution >= 4 is 17.3 Å². The van der Waals surface area contributed by atoms with Crippen LogP contribution in [0.5, 0.6) is 0 Å². The lowest BCUT2D eigenvalue weighted by atomic mass is 9.75. The van der Waals surface area contributed by atoms with Crippen LogP contribution in [0.3, 0.4) is 0 Å². The Balaban J connectivity index is 1.23. The van der Waals surface area contributed by atoms with Crippen LogP contribution in [0.25, 0.3) is 11.3 Å². The zero-order chi connectivity index (χ0) is 20.5. The number of aromatic nitrogens is 3. The maximum Gasteiger partial charge on any atom is 0.229 e. The van der Waals surface area contributed by atoms with Gasteiger partial charge in [-0.05, 0) is 49.6 Å². The van der Waals surface area contributed by atoms with E-state index in [2.05, 4.69) is 20.5 Å². The van der Waals surface area contributed by atoms with E-state index in [0.717, 1.165) is 55.1 Å². The summed E-state index contributed by atoms with van der Waals surface area (Å²) in [7, 11) is 0. The van der Waals surface area contributed by atoms with Gasteiger partial charge < -0.3 is 11.1 Å². The summed E-state index contributed by atoms with van der Waals surface area (Å²) >= 11 is 0. The molecule has 7 nitrogen and oxygen atoms in total. The quantitative estimate of drug-likeness (QED) is 0.641. The lowest BCUT2D eigenvalue weighted by molar-refractivity contribution is -0.127. The smallest absolute Gasteiger partial charge is 0.229 e. The summed E-state index contributed by atoms with van der Waals surface area (Å²) in [5.41, 5.74) is 9.28. The molecule has 0 aliphatic carbocycles. The first-order valence-corrected chi connectivity index (χ1v) is 10.5. The minimum Gasteiger partial charge on any atom is -0.399 e. The molecule has 30 heavy (non-hydrogen) atoms. The number of nitrogens with zero attached hydrogens (tertiary/aromatic N) is 4. The average molecular weight is 403 g/mol. The molecule has 0 saturated carbocycles. The van der Waals surface area contributed by atoms with Gasteiger partial charge in [0.2, 0.25) is 5.91 Å². The van der Waals surface area contributed by atoms with Gasteiger partial charge in [-0.2, -0.15) is 0 Å². The van der Waals surface area contributed by atoms with Crippen molar-refractivity contribution in [1.82, 2.24) is 19.9 Å². The maximum absolute atomic E-state index is 12.8. The first-order chi connectivity index (χ1) is 14.7. The summed E-state index contributed by atoms with van der Waals surface area (Å²) in [5.74, 6) is 0.605. The lowest BCUT2D eigenvalue weighted by Crippen LogP contribution is -2.57. The molecule has 3 aliphatic rings. The van der Waals surface area contributed by atoms with Crippen LogP contribution in [-0.2, 0) is 11.3 Å². The average Bonchev–Trinajstić information content (AvgIpc) is 3.23. The van der Waals surface area contributed by atoms with Crippen LogP contribution in [0.1, 0.15) is 12.8 Å². The van der Waals surface area contributed by atoms with Crippen LogP contribution in [-0.4, -0.2) is 44.9 Å². The predicted molar refractivity (Wildman–Crippen MR) is 117 cm³/mol. The van der Waals surface area contributed by atoms with Gasteiger partial charge in [0.15, 0.2) is 0 Å². The van der Waals surface area contributed by atoms with Crippen LogP contribution < -0.4 is 11.1 Å². The molecular weight excluding hydrogens is 376 g/mol. The van der Waals surface area contributed by atoms with Gasteiger partial charge in [0, 0.05) is 29.5 Å². The Kier molecular flexibility index (Phi) is 4.96. The standard InChI is InChI=1S/C23H26N6O/c24-18-6-4-5-17(11-18)22-15-29(27-26-22)13-20-12-16-9-10-28(20)14-21(16)23(30)25-19-7-2-1-3-8-19/h1-8,11,15-16,20-21H,9-10,12-14,24H2,(H,25,30)/t16-,20-,21-/m1/s1. The van der Waals surface area contributed by atoms with E-state index >= 15 is 0 Å². The fourth-order valence-electron chi connectivity index (χ4n) is 4.82. The number of rotatable bonds is 5. The highest BCUT2D eigenvalue weighted by molar-refractivity contribution is 5.93. The fraction of sp³-hybridized carbons (Fsp3) is 0.348. The van der Waals surface area contributed by atoms with Crippen molar-refractivity contribution in [2.24, 2.45) is 11.8 Å². The van der Waals surface area contributed by atoms with Crippen LogP contribution in [0.4, 0.5) is 11.4 Å². The minimum atomic E-state index is 0.0498. The van der Waals surface area contributed by atoms with Gasteiger partial charge >= 0.3 is 0 Å². The third-order valence-corrected chi connectivity index (χ3v) is 6.38. The van der Waals surface area contributed by atoms with Crippen molar-refractivity contribution in [3.8, 4) is 11.3 Å². The van der Waals surface area contributed by atoms with Gasteiger partial charge in [0.25, 0.3) is 0 Å². The van der Waals surface area contributed by atoms with E-state index in [4.69, 9.17) is 5.73 Å². The van der Waals surface area contributed by atoms with Crippen LogP contribution in [0.2, 0.25) is 0 Å². The SMILES string of the molecule is Nc1cccc(-c2cn(C[C@H]3C[C@H]4CCN3C[C@H]4C(=O)Nc3ccccc3)nn2)c1. The molecule has 3 aliphatic heterocycles. The molecule has 0 radical (unpaired) electrons. The zero-order valence-electron chi connectivity index (χ0n) is 16.8. The Morgan fingerprint density at radius 1 is 1.17 bits per heavy atom. The topological polar surface area (TPSA) is 89.1 Å². The van der Waals surface area contributed by atoms with E-state index in [-0.39, 0.29) is 11.8 Å². The summed E-state index contributed by atoms with van der Waals surface area (Å²) in [6.07, 6.45) is 4.08. The molecule has 3 N–H and O–H groups in total. The monoisotopic (exact) mass is 402 g/mol. The molecular formula is C23H26N6O. The van der Waals surface area contributed by atoms with Gasteiger partial charge in [0.1, 0.15) is 5.69 Å². The number of carbonyl (C=O) groups is 1. The summed E-state index contributed by atoms with van der Waals surface area (Å²) in [5, 5.41) is 11.7. The second-order valence-corrected chi connectivity index (χ2v) is 8.35. The Labute approximate surface area is 175 Å². The molecule has 3 aromatic rings. The maximum atomic E-state index is 12.8. The number of nitrogens with two attached hydrogens (primary N) is 1. The van der Waals surface area contributed by atoms with Crippen LogP contribution >= 0.6 is 0 Å². The largest absolute Gasteiger partial charge is 0.399 e. The molecule has 154 valence electrons. The number of benzene rings is 2. The van der Waals surface area contributed by atoms with Gasteiger partial charge in [-0.25, -0.2) is 0 Å². The molecule has 1 amide bonds. The number of para-hydroxylation sites is 1. The molecule has 3 saturated heterocycles. The molecule has 4 heterocycles. The summed E-state index contributed by atoms with van der Waals surface area (Å²) in [6, 6.07) is 17.8. The van der Waals surface area contributed by atoms with Gasteiger partial charge in [-0.3, -0.25) is 14.4 Å². The number of fused-ring (bicyclic) bond motifs is 3. The molecule has 7 heteroatoms. The number of nitrogens with one attached hydrogen (secondary N) is 1. The van der Waals surface area contributed by atoms with E-state index in [0.29, 0.717) is 12.0 Å². The molecule has 3 fully saturated rings. The molecule has 0 spiro atoms. The molecule has 1 aromatic heterocycles. The summed E-state index contributed by atoms with van der Waals surface area (Å²) in [4.78, 5) is 15.3. The normalized spacial score (nSPS) is 25.2. The Hall–Kier alpha value is -3.19. The van der Waals surface area contributed by atoms with Gasteiger partial charge in [-0.1, -0.05) is 35.5 Å². The first kappa shape index (κ1) is 18.8. The van der Waals surface area contributed by atoms with Crippen LogP contribution in [0.15, 0.2) is 60.8 Å². The van der Waals surface area contributed by atoms with E-state index in [1.165, 1.54) is 0 Å². The second kappa shape index (κ2) is 7.91. The predicted octanol–water partition coefficient (Wildman–Crippen LogP) is 2.88. The van der Waals surface area contributed by atoms with Crippen molar-refractivity contribution in [3.05, 3.63) is 60.8 Å². The molecule has 6 rings (SSSR count). The highest BCUT2D eigenvalue weighted by Crippen LogP contribution is 2.37. The summed E-state index contributed by atoms with van der Waals surface area (Å²) < 4.78 is 1.92. The van der Waals surface area contributed by atoms with Gasteiger partial charge in [-0.15, -0.1) is 5.10 Å². The molecule has 2 aromatic carbocycles. The number of carbonyl (C=O) groups excluding carboxylic acids is 1. The third-order valence-electron chi connectivity index (χ3n) is 6.38. The van der Waals surface area contributed by atoms with E-state index < -0.39 is 0 Å². The molecule has 4 atom stereocenters. The van der Waals surface area contributed by atoms with Crippen molar-refractivity contribution in [1.29, 1.82) is 0 Å². The number of nitrogen functional groups attached to an aromatic ring is 1. The molecule has 1 unspecified atom stereocenters. The minimum absolute atomic E-state index is 0.0498. The van der Waals surface area contributed by atoms with Gasteiger partial charge in [0.05, 0.1) is 18.7 Å². The number of amides is 1. The Bertz CT molecular complexity index is 1030. The zero-order valence-corrected chi connectivity index (χ0v) is 16.8. The first-order valence-electron chi connectivity index (χ1n) is 10.5. The number of hydrogen-bond acceptors (Lipinski definition) is 5. The van der Waals surface area contributed by atoms with E-state index in [1.54, 1.807) is 0 Å². The highest BCUT2D eigenvalue weighted by Gasteiger charge is 2.43. The van der Waals surface area contributed by atoms with Crippen LogP contribution in [0, 0.1) is 11.8 Å². The van der Waals surface area contributed by atoms with Crippen molar-refractivity contribution < 1.29 is 4.79 Å². The number of piperidine rings is 3. The molecule has 2 bridgehead atoms. The number of hydrogen-bond donors (Lipinski definition) is 2. The second-order valence-electron chi connectivity index (χ2n) is 8.35. The number of anilines is 2. The Morgan fingerprint density at radius 3 is 2.80 bits per heavy atom. The van der Waals surface area contributed by atoms with E-state index in [9.17, 15) is 4.79 Å². The fourth-order valence-corrected chi connectivity index (χ4v) is 4.82. The van der Waals surface area contributed by atoms with E-state index in [1.807, 2.05) is 65.5 Å². The summed E-state index contributed by atoms with van der Waals surface area (Å²) in [6.45, 7) is 2.64. The lowest BCUT2D eigenvalue weighted by Gasteiger charge is -2.49. The third kappa shape index (κ3) is 3.80. The van der Waals surface area contributed by atoms with Crippen molar-refractivity contribution in [3.63, 3.8) is 0 Å². The Morgan fingerprint density at radius 2 is 2.03 bits per heavy atom. The highest BCUT2D eigenvalue weighted by atomic mass is 16.2. The van der Waals surface area contributed by atoms with Crippen molar-refractivity contribution in [2.45, 2.75) is 25.4 Å².